The third-order valence-electron chi connectivity index (χ3n) is 2.44. The highest BCUT2D eigenvalue weighted by molar-refractivity contribution is 5.39. The zero-order chi connectivity index (χ0) is 12.3. The molecule has 0 saturated carbocycles. The molecule has 0 aliphatic rings. The highest BCUT2D eigenvalue weighted by Gasteiger charge is 2.08. The van der Waals surface area contributed by atoms with Crippen molar-refractivity contribution in [3.8, 4) is 0 Å². The van der Waals surface area contributed by atoms with Crippen LogP contribution in [0.2, 0.25) is 0 Å². The van der Waals surface area contributed by atoms with E-state index in [9.17, 15) is 0 Å². The standard InChI is InChI=1S/C13H17N3O/c1-9(2)7-12-15-13(17-16-12)8-10-3-5-11(14)6-4-10/h3-6,9H,7-8,14H2,1-2H3. The van der Waals surface area contributed by atoms with E-state index in [4.69, 9.17) is 10.3 Å². The maximum absolute atomic E-state index is 5.63. The lowest BCUT2D eigenvalue weighted by Gasteiger charge is -1.97. The summed E-state index contributed by atoms with van der Waals surface area (Å²) in [4.78, 5) is 4.36. The summed E-state index contributed by atoms with van der Waals surface area (Å²) in [6.45, 7) is 4.27. The summed E-state index contributed by atoms with van der Waals surface area (Å²) >= 11 is 0. The monoisotopic (exact) mass is 231 g/mol. The molecule has 0 radical (unpaired) electrons. The third-order valence-corrected chi connectivity index (χ3v) is 2.44. The van der Waals surface area contributed by atoms with Gasteiger partial charge in [-0.05, 0) is 23.6 Å². The van der Waals surface area contributed by atoms with Gasteiger partial charge in [0, 0.05) is 12.1 Å². The predicted octanol–water partition coefficient (Wildman–Crippen LogP) is 2.44. The van der Waals surface area contributed by atoms with Gasteiger partial charge in [0.05, 0.1) is 6.42 Å². The van der Waals surface area contributed by atoms with Crippen molar-refractivity contribution in [1.82, 2.24) is 10.1 Å². The molecule has 90 valence electrons. The number of nitrogen functional groups attached to an aromatic ring is 1. The lowest BCUT2D eigenvalue weighted by molar-refractivity contribution is 0.377. The number of aromatic nitrogens is 2. The van der Waals surface area contributed by atoms with Crippen molar-refractivity contribution < 1.29 is 4.52 Å². The largest absolute Gasteiger partial charge is 0.399 e. The molecule has 0 aliphatic carbocycles. The van der Waals surface area contributed by atoms with Crippen LogP contribution in [-0.4, -0.2) is 10.1 Å². The van der Waals surface area contributed by atoms with Crippen LogP contribution in [0.3, 0.4) is 0 Å². The number of anilines is 1. The van der Waals surface area contributed by atoms with E-state index in [0.717, 1.165) is 23.5 Å². The second-order valence-electron chi connectivity index (χ2n) is 4.62. The summed E-state index contributed by atoms with van der Waals surface area (Å²) in [6.07, 6.45) is 1.51. The van der Waals surface area contributed by atoms with Crippen LogP contribution in [0.1, 0.15) is 31.1 Å². The molecule has 1 heterocycles. The van der Waals surface area contributed by atoms with Crippen LogP contribution in [0.5, 0.6) is 0 Å². The van der Waals surface area contributed by atoms with E-state index in [-0.39, 0.29) is 0 Å². The molecule has 2 rings (SSSR count). The van der Waals surface area contributed by atoms with Gasteiger partial charge in [0.25, 0.3) is 0 Å². The second-order valence-corrected chi connectivity index (χ2v) is 4.62. The van der Waals surface area contributed by atoms with Gasteiger partial charge in [0.2, 0.25) is 5.89 Å². The molecule has 1 aromatic carbocycles. The fourth-order valence-corrected chi connectivity index (χ4v) is 1.62. The van der Waals surface area contributed by atoms with E-state index in [1.54, 1.807) is 0 Å². The van der Waals surface area contributed by atoms with Gasteiger partial charge >= 0.3 is 0 Å². The second kappa shape index (κ2) is 4.99. The smallest absolute Gasteiger partial charge is 0.231 e. The van der Waals surface area contributed by atoms with E-state index in [1.165, 1.54) is 0 Å². The summed E-state index contributed by atoms with van der Waals surface area (Å²) in [5.41, 5.74) is 7.52. The number of hydrogen-bond acceptors (Lipinski definition) is 4. The maximum atomic E-state index is 5.63. The molecule has 17 heavy (non-hydrogen) atoms. The molecule has 0 bridgehead atoms. The van der Waals surface area contributed by atoms with Crippen LogP contribution in [0.15, 0.2) is 28.8 Å². The zero-order valence-electron chi connectivity index (χ0n) is 10.2. The molecule has 2 N–H and O–H groups in total. The van der Waals surface area contributed by atoms with Gasteiger partial charge in [-0.2, -0.15) is 4.98 Å². The molecule has 0 spiro atoms. The fourth-order valence-electron chi connectivity index (χ4n) is 1.62. The van der Waals surface area contributed by atoms with Crippen molar-refractivity contribution in [3.05, 3.63) is 41.5 Å². The Morgan fingerprint density at radius 1 is 1.24 bits per heavy atom. The van der Waals surface area contributed by atoms with Gasteiger partial charge in [-0.1, -0.05) is 31.1 Å². The quantitative estimate of drug-likeness (QED) is 0.821. The first kappa shape index (κ1) is 11.6. The summed E-state index contributed by atoms with van der Waals surface area (Å²) in [5.74, 6) is 1.98. The molecular formula is C13H17N3O. The van der Waals surface area contributed by atoms with E-state index in [1.807, 2.05) is 24.3 Å². The van der Waals surface area contributed by atoms with Crippen molar-refractivity contribution in [2.45, 2.75) is 26.7 Å². The Morgan fingerprint density at radius 3 is 2.59 bits per heavy atom. The first-order chi connectivity index (χ1) is 8.13. The van der Waals surface area contributed by atoms with E-state index >= 15 is 0 Å². The van der Waals surface area contributed by atoms with Gasteiger partial charge in [0.15, 0.2) is 5.82 Å². The van der Waals surface area contributed by atoms with Crippen molar-refractivity contribution in [3.63, 3.8) is 0 Å². The lowest BCUT2D eigenvalue weighted by atomic mass is 10.1. The summed E-state index contributed by atoms with van der Waals surface area (Å²) in [6, 6.07) is 7.70. The van der Waals surface area contributed by atoms with Crippen LogP contribution in [-0.2, 0) is 12.8 Å². The van der Waals surface area contributed by atoms with E-state index < -0.39 is 0 Å². The minimum atomic E-state index is 0.539. The van der Waals surface area contributed by atoms with Crippen molar-refractivity contribution in [1.29, 1.82) is 0 Å². The average Bonchev–Trinajstić information content (AvgIpc) is 2.68. The van der Waals surface area contributed by atoms with E-state index in [2.05, 4.69) is 24.0 Å². The topological polar surface area (TPSA) is 64.9 Å². The van der Waals surface area contributed by atoms with Crippen LogP contribution < -0.4 is 5.73 Å². The first-order valence-electron chi connectivity index (χ1n) is 5.79. The Balaban J connectivity index is 2.03. The van der Waals surface area contributed by atoms with Crippen LogP contribution in [0.4, 0.5) is 5.69 Å². The van der Waals surface area contributed by atoms with Crippen molar-refractivity contribution >= 4 is 5.69 Å². The van der Waals surface area contributed by atoms with Gasteiger partial charge in [0.1, 0.15) is 0 Å². The molecule has 0 amide bonds. The van der Waals surface area contributed by atoms with Gasteiger partial charge in [-0.25, -0.2) is 0 Å². The molecule has 0 fully saturated rings. The average molecular weight is 231 g/mol. The summed E-state index contributed by atoms with van der Waals surface area (Å²) in [5, 5.41) is 3.96. The van der Waals surface area contributed by atoms with Gasteiger partial charge in [-0.3, -0.25) is 0 Å². The molecule has 4 nitrogen and oxygen atoms in total. The molecule has 0 saturated heterocycles. The van der Waals surface area contributed by atoms with Crippen molar-refractivity contribution in [2.75, 3.05) is 5.73 Å². The normalized spacial score (nSPS) is 11.0. The number of rotatable bonds is 4. The zero-order valence-corrected chi connectivity index (χ0v) is 10.2. The number of nitrogens with zero attached hydrogens (tertiary/aromatic N) is 2. The predicted molar refractivity (Wildman–Crippen MR) is 66.5 cm³/mol. The molecule has 0 unspecified atom stereocenters. The SMILES string of the molecule is CC(C)Cc1noc(Cc2ccc(N)cc2)n1. The fraction of sp³-hybridized carbons (Fsp3) is 0.385. The Kier molecular flexibility index (Phi) is 3.42. The number of benzene rings is 1. The molecule has 1 aromatic heterocycles. The van der Waals surface area contributed by atoms with Crippen LogP contribution in [0.25, 0.3) is 0 Å². The van der Waals surface area contributed by atoms with Gasteiger partial charge < -0.3 is 10.3 Å². The maximum Gasteiger partial charge on any atom is 0.231 e. The number of nitrogens with two attached hydrogens (primary N) is 1. The minimum absolute atomic E-state index is 0.539. The summed E-state index contributed by atoms with van der Waals surface area (Å²) in [7, 11) is 0. The van der Waals surface area contributed by atoms with Crippen LogP contribution >= 0.6 is 0 Å². The number of hydrogen-bond donors (Lipinski definition) is 1. The third kappa shape index (κ3) is 3.31. The lowest BCUT2D eigenvalue weighted by Crippen LogP contribution is -1.96. The summed E-state index contributed by atoms with van der Waals surface area (Å²) < 4.78 is 5.21. The molecule has 2 aromatic rings. The van der Waals surface area contributed by atoms with Crippen molar-refractivity contribution in [2.24, 2.45) is 5.92 Å². The Labute approximate surface area is 101 Å². The van der Waals surface area contributed by atoms with E-state index in [0.29, 0.717) is 18.2 Å². The molecule has 4 heteroatoms. The highest BCUT2D eigenvalue weighted by Crippen LogP contribution is 2.11. The highest BCUT2D eigenvalue weighted by atomic mass is 16.5. The minimum Gasteiger partial charge on any atom is -0.399 e. The molecule has 0 aliphatic heterocycles. The molecular weight excluding hydrogens is 214 g/mol. The Bertz CT molecular complexity index is 474. The Morgan fingerprint density at radius 2 is 1.94 bits per heavy atom. The Hall–Kier alpha value is -1.84. The first-order valence-corrected chi connectivity index (χ1v) is 5.79. The molecule has 0 atom stereocenters. The van der Waals surface area contributed by atoms with Gasteiger partial charge in [-0.15, -0.1) is 0 Å². The van der Waals surface area contributed by atoms with Crippen LogP contribution in [0, 0.1) is 5.92 Å².